The molecule has 7 heteroatoms. The first-order chi connectivity index (χ1) is 14.6. The summed E-state index contributed by atoms with van der Waals surface area (Å²) < 4.78 is 1.54. The maximum Gasteiger partial charge on any atom is 0.501 e. The Kier molecular flexibility index (Phi) is 4.90. The molecule has 6 nitrogen and oxygen atoms in total. The van der Waals surface area contributed by atoms with Crippen molar-refractivity contribution in [3.8, 4) is 0 Å². The van der Waals surface area contributed by atoms with Crippen LogP contribution in [0.15, 0.2) is 59.5 Å². The number of likely N-dealkylation sites (tertiary alicyclic amines) is 1. The Morgan fingerprint density at radius 2 is 1.70 bits per heavy atom. The minimum absolute atomic E-state index is 0.0296. The van der Waals surface area contributed by atoms with Crippen LogP contribution in [0, 0.1) is 0 Å². The van der Waals surface area contributed by atoms with Gasteiger partial charge in [0.15, 0.2) is 11.8 Å². The predicted molar refractivity (Wildman–Crippen MR) is 114 cm³/mol. The number of imide groups is 1. The fraction of sp³-hybridized carbons (Fsp3) is 0.304. The highest BCUT2D eigenvalue weighted by Crippen LogP contribution is 2.40. The molecule has 0 aliphatic carbocycles. The zero-order chi connectivity index (χ0) is 20.7. The summed E-state index contributed by atoms with van der Waals surface area (Å²) in [5.41, 5.74) is 2.42. The average molecular weight is 421 g/mol. The van der Waals surface area contributed by atoms with Gasteiger partial charge in [-0.25, -0.2) is 4.79 Å². The minimum atomic E-state index is -0.504. The molecule has 0 radical (unpaired) electrons. The Balaban J connectivity index is 1.55. The highest BCUT2D eigenvalue weighted by molar-refractivity contribution is 8.02. The number of hydrogen-bond donors (Lipinski definition) is 0. The van der Waals surface area contributed by atoms with Crippen molar-refractivity contribution in [2.45, 2.75) is 29.5 Å². The number of benzene rings is 2. The van der Waals surface area contributed by atoms with Gasteiger partial charge in [-0.2, -0.15) is 14.3 Å². The predicted octanol–water partition coefficient (Wildman–Crippen LogP) is 2.75. The van der Waals surface area contributed by atoms with Gasteiger partial charge in [-0.3, -0.25) is 4.79 Å². The first-order valence-electron chi connectivity index (χ1n) is 10.2. The van der Waals surface area contributed by atoms with Crippen molar-refractivity contribution in [3.05, 3.63) is 65.7 Å². The normalized spacial score (nSPS) is 20.6. The number of carbonyl (C=O) groups excluding carboxylic acids is 3. The lowest BCUT2D eigenvalue weighted by Gasteiger charge is -2.25. The SMILES string of the molecule is O=C(C[N+]1=C2c3ccccc3SC2C(=O)N(Cc2ccccc2)C1=O)N1CCCC1. The number of rotatable bonds is 4. The minimum Gasteiger partial charge on any atom is -0.339 e. The van der Waals surface area contributed by atoms with Crippen LogP contribution in [0.4, 0.5) is 4.79 Å². The molecule has 152 valence electrons. The third-order valence-electron chi connectivity index (χ3n) is 5.83. The van der Waals surface area contributed by atoms with Gasteiger partial charge in [-0.05, 0) is 30.5 Å². The number of nitrogens with zero attached hydrogens (tertiary/aromatic N) is 3. The van der Waals surface area contributed by atoms with Crippen molar-refractivity contribution in [2.75, 3.05) is 19.6 Å². The highest BCUT2D eigenvalue weighted by atomic mass is 32.2. The van der Waals surface area contributed by atoms with Crippen LogP contribution in [-0.2, 0) is 16.1 Å². The van der Waals surface area contributed by atoms with E-state index in [0.29, 0.717) is 5.71 Å². The molecule has 1 fully saturated rings. The van der Waals surface area contributed by atoms with Crippen LogP contribution in [0.1, 0.15) is 24.0 Å². The summed E-state index contributed by atoms with van der Waals surface area (Å²) in [5.74, 6) is -0.277. The van der Waals surface area contributed by atoms with E-state index in [-0.39, 0.29) is 24.9 Å². The van der Waals surface area contributed by atoms with E-state index in [0.717, 1.165) is 42.0 Å². The molecule has 3 aliphatic rings. The Labute approximate surface area is 179 Å². The Morgan fingerprint density at radius 3 is 2.47 bits per heavy atom. The molecule has 0 bridgehead atoms. The van der Waals surface area contributed by atoms with Crippen molar-refractivity contribution >= 4 is 35.3 Å². The topological polar surface area (TPSA) is 60.7 Å². The molecule has 0 saturated carbocycles. The second kappa shape index (κ2) is 7.72. The molecule has 4 amide bonds. The smallest absolute Gasteiger partial charge is 0.339 e. The van der Waals surface area contributed by atoms with Gasteiger partial charge in [-0.1, -0.05) is 42.5 Å². The van der Waals surface area contributed by atoms with Crippen LogP contribution < -0.4 is 0 Å². The third-order valence-corrected chi connectivity index (χ3v) is 7.11. The standard InChI is InChI=1S/C23H22N3O3S/c27-19(24-12-6-7-13-24)15-25-20-17-10-4-5-11-18(17)30-21(20)22(28)26(23(25)29)14-16-8-2-1-3-9-16/h1-5,8-11,21H,6-7,12-15H2/q+1. The van der Waals surface area contributed by atoms with E-state index in [1.165, 1.54) is 21.2 Å². The molecule has 0 aromatic heterocycles. The fourth-order valence-electron chi connectivity index (χ4n) is 4.31. The molecule has 3 aliphatic heterocycles. The lowest BCUT2D eigenvalue weighted by molar-refractivity contribution is -0.428. The van der Waals surface area contributed by atoms with Crippen LogP contribution in [-0.4, -0.2) is 62.8 Å². The van der Waals surface area contributed by atoms with Gasteiger partial charge < -0.3 is 4.90 Å². The van der Waals surface area contributed by atoms with Gasteiger partial charge in [0.05, 0.1) is 0 Å². The number of hydrogen-bond acceptors (Lipinski definition) is 4. The van der Waals surface area contributed by atoms with E-state index in [4.69, 9.17) is 0 Å². The maximum absolute atomic E-state index is 13.5. The lowest BCUT2D eigenvalue weighted by atomic mass is 10.0. The van der Waals surface area contributed by atoms with E-state index in [1.807, 2.05) is 59.5 Å². The molecule has 0 spiro atoms. The first kappa shape index (κ1) is 19.1. The van der Waals surface area contributed by atoms with Crippen LogP contribution in [0.3, 0.4) is 0 Å². The molecular formula is C23H22N3O3S+. The van der Waals surface area contributed by atoms with Crippen molar-refractivity contribution in [1.29, 1.82) is 0 Å². The molecule has 1 saturated heterocycles. The van der Waals surface area contributed by atoms with Crippen LogP contribution in [0.5, 0.6) is 0 Å². The van der Waals surface area contributed by atoms with Gasteiger partial charge in [0, 0.05) is 23.5 Å². The van der Waals surface area contributed by atoms with Crippen LogP contribution in [0.2, 0.25) is 0 Å². The summed E-state index contributed by atoms with van der Waals surface area (Å²) in [6.07, 6.45) is 1.99. The van der Waals surface area contributed by atoms with Gasteiger partial charge in [0.2, 0.25) is 0 Å². The second-order valence-corrected chi connectivity index (χ2v) is 8.89. The highest BCUT2D eigenvalue weighted by Gasteiger charge is 2.52. The van der Waals surface area contributed by atoms with E-state index < -0.39 is 11.3 Å². The first-order valence-corrected chi connectivity index (χ1v) is 11.1. The second-order valence-electron chi connectivity index (χ2n) is 7.75. The van der Waals surface area contributed by atoms with E-state index in [1.54, 1.807) is 0 Å². The Morgan fingerprint density at radius 1 is 1.00 bits per heavy atom. The molecule has 5 rings (SSSR count). The summed E-state index contributed by atoms with van der Waals surface area (Å²) in [7, 11) is 0. The molecule has 2 aromatic rings. The summed E-state index contributed by atoms with van der Waals surface area (Å²) >= 11 is 1.46. The van der Waals surface area contributed by atoms with E-state index in [9.17, 15) is 14.4 Å². The van der Waals surface area contributed by atoms with E-state index in [2.05, 4.69) is 0 Å². The zero-order valence-corrected chi connectivity index (χ0v) is 17.3. The molecule has 0 N–H and O–H groups in total. The van der Waals surface area contributed by atoms with Gasteiger partial charge in [0.1, 0.15) is 12.3 Å². The monoisotopic (exact) mass is 420 g/mol. The maximum atomic E-state index is 13.5. The fourth-order valence-corrected chi connectivity index (χ4v) is 5.61. The molecule has 2 aromatic carbocycles. The number of urea groups is 1. The quantitative estimate of drug-likeness (QED) is 0.714. The van der Waals surface area contributed by atoms with Gasteiger partial charge in [-0.15, -0.1) is 11.8 Å². The largest absolute Gasteiger partial charge is 0.501 e. The lowest BCUT2D eigenvalue weighted by Crippen LogP contribution is -2.56. The zero-order valence-electron chi connectivity index (χ0n) is 16.5. The van der Waals surface area contributed by atoms with E-state index >= 15 is 0 Å². The number of carbonyl (C=O) groups is 3. The number of thioether (sulfide) groups is 1. The number of fused-ring (bicyclic) bond motifs is 3. The summed E-state index contributed by atoms with van der Waals surface area (Å²) in [6.45, 7) is 1.64. The molecular weight excluding hydrogens is 398 g/mol. The van der Waals surface area contributed by atoms with Gasteiger partial charge in [0.25, 0.3) is 5.91 Å². The summed E-state index contributed by atoms with van der Waals surface area (Å²) in [5, 5.41) is -0.504. The Hall–Kier alpha value is -2.93. The summed E-state index contributed by atoms with van der Waals surface area (Å²) in [6, 6.07) is 16.8. The molecule has 3 heterocycles. The Bertz CT molecular complexity index is 1060. The molecule has 30 heavy (non-hydrogen) atoms. The molecule has 1 unspecified atom stereocenters. The van der Waals surface area contributed by atoms with Crippen LogP contribution >= 0.6 is 11.8 Å². The van der Waals surface area contributed by atoms with Crippen molar-refractivity contribution < 1.29 is 19.0 Å². The third kappa shape index (κ3) is 3.23. The molecule has 1 atom stereocenters. The van der Waals surface area contributed by atoms with Gasteiger partial charge >= 0.3 is 11.9 Å². The average Bonchev–Trinajstić information content (AvgIpc) is 3.43. The van der Waals surface area contributed by atoms with Crippen LogP contribution in [0.25, 0.3) is 0 Å². The van der Waals surface area contributed by atoms with Crippen molar-refractivity contribution in [1.82, 2.24) is 9.80 Å². The van der Waals surface area contributed by atoms with Crippen molar-refractivity contribution in [2.24, 2.45) is 0 Å². The van der Waals surface area contributed by atoms with Crippen molar-refractivity contribution in [3.63, 3.8) is 0 Å². The summed E-state index contributed by atoms with van der Waals surface area (Å²) in [4.78, 5) is 43.8. The number of amides is 4.